The topological polar surface area (TPSA) is 115 Å². The van der Waals surface area contributed by atoms with E-state index in [9.17, 15) is 4.79 Å². The molecule has 37 heavy (non-hydrogen) atoms. The van der Waals surface area contributed by atoms with Crippen molar-refractivity contribution < 1.29 is 14.6 Å². The van der Waals surface area contributed by atoms with Crippen molar-refractivity contribution in [2.45, 2.75) is 45.6 Å². The molecule has 1 fully saturated rings. The van der Waals surface area contributed by atoms with Crippen molar-refractivity contribution in [1.29, 1.82) is 0 Å². The molecule has 0 bridgehead atoms. The standard InChI is InChI=1S/C26H36N6O3.CH4O/c1-3-15-35-16-14-32-22-17-21(20-8-9-23(34-2)28-18-20)19-29-24(22)30-25(26(32)33)27-10-7-13-31-11-5-4-6-12-31;1-2/h8-9,17-19H,3-7,10-16H2,1-2H3,(H,27,29,30);2H,1H3. The number of aromatic nitrogens is 4. The van der Waals surface area contributed by atoms with Gasteiger partial charge in [-0.2, -0.15) is 0 Å². The lowest BCUT2D eigenvalue weighted by atomic mass is 10.1. The average molecular weight is 513 g/mol. The summed E-state index contributed by atoms with van der Waals surface area (Å²) in [4.78, 5) is 29.3. The van der Waals surface area contributed by atoms with Crippen LogP contribution in [0, 0.1) is 0 Å². The van der Waals surface area contributed by atoms with Crippen molar-refractivity contribution >= 4 is 17.0 Å². The number of nitrogens with zero attached hydrogens (tertiary/aromatic N) is 5. The van der Waals surface area contributed by atoms with Crippen LogP contribution in [0.5, 0.6) is 5.88 Å². The number of hydrogen-bond acceptors (Lipinski definition) is 9. The zero-order valence-corrected chi connectivity index (χ0v) is 22.3. The number of aliphatic hydroxyl groups is 1. The molecule has 0 spiro atoms. The van der Waals surface area contributed by atoms with Crippen molar-refractivity contribution in [3.8, 4) is 17.0 Å². The molecule has 4 rings (SSSR count). The fraction of sp³-hybridized carbons (Fsp3) is 0.556. The van der Waals surface area contributed by atoms with Gasteiger partial charge in [0, 0.05) is 56.4 Å². The highest BCUT2D eigenvalue weighted by molar-refractivity contribution is 5.78. The SMILES string of the molecule is CCCOCCn1c(=O)c(NCCCN2CCCCC2)nc2ncc(-c3ccc(OC)nc3)cc21.CO. The van der Waals surface area contributed by atoms with Gasteiger partial charge in [0.25, 0.3) is 5.56 Å². The highest BCUT2D eigenvalue weighted by Gasteiger charge is 2.14. The average Bonchev–Trinajstić information content (AvgIpc) is 2.96. The first kappa shape index (κ1) is 28.5. The number of nitrogens with one attached hydrogen (secondary N) is 1. The largest absolute Gasteiger partial charge is 0.481 e. The molecule has 0 atom stereocenters. The van der Waals surface area contributed by atoms with E-state index >= 15 is 0 Å². The lowest BCUT2D eigenvalue weighted by Gasteiger charge is -2.26. The molecule has 4 heterocycles. The van der Waals surface area contributed by atoms with Crippen LogP contribution in [0.25, 0.3) is 22.3 Å². The molecule has 0 unspecified atom stereocenters. The smallest absolute Gasteiger partial charge is 0.293 e. The maximum Gasteiger partial charge on any atom is 0.293 e. The van der Waals surface area contributed by atoms with Crippen LogP contribution in [0.15, 0.2) is 35.4 Å². The highest BCUT2D eigenvalue weighted by atomic mass is 16.5. The first-order valence-electron chi connectivity index (χ1n) is 13.1. The van der Waals surface area contributed by atoms with E-state index in [-0.39, 0.29) is 5.56 Å². The Morgan fingerprint density at radius 3 is 2.51 bits per heavy atom. The molecule has 0 aliphatic carbocycles. The van der Waals surface area contributed by atoms with Crippen LogP contribution < -0.4 is 15.6 Å². The number of ether oxygens (including phenoxy) is 2. The third-order valence-corrected chi connectivity index (χ3v) is 6.28. The number of pyridine rings is 2. The maximum atomic E-state index is 13.4. The van der Waals surface area contributed by atoms with Gasteiger partial charge >= 0.3 is 0 Å². The second-order valence-corrected chi connectivity index (χ2v) is 8.87. The second kappa shape index (κ2) is 15.2. The van der Waals surface area contributed by atoms with E-state index in [1.54, 1.807) is 30.1 Å². The molecule has 1 aliphatic heterocycles. The first-order valence-corrected chi connectivity index (χ1v) is 13.1. The molecule has 0 saturated carbocycles. The minimum atomic E-state index is -0.151. The second-order valence-electron chi connectivity index (χ2n) is 8.87. The fourth-order valence-electron chi connectivity index (χ4n) is 4.38. The van der Waals surface area contributed by atoms with Gasteiger partial charge in [-0.3, -0.25) is 9.36 Å². The molecule has 0 amide bonds. The summed E-state index contributed by atoms with van der Waals surface area (Å²) in [5.41, 5.74) is 2.81. The number of likely N-dealkylation sites (tertiary alicyclic amines) is 1. The van der Waals surface area contributed by atoms with Crippen LogP contribution in [-0.4, -0.2) is 83.1 Å². The van der Waals surface area contributed by atoms with Gasteiger partial charge in [0.15, 0.2) is 11.5 Å². The van der Waals surface area contributed by atoms with E-state index in [2.05, 4.69) is 32.1 Å². The van der Waals surface area contributed by atoms with Gasteiger partial charge in [-0.1, -0.05) is 13.3 Å². The Balaban J connectivity index is 0.00000186. The van der Waals surface area contributed by atoms with Gasteiger partial charge < -0.3 is 24.8 Å². The normalized spacial score (nSPS) is 13.7. The van der Waals surface area contributed by atoms with Gasteiger partial charge in [0.05, 0.1) is 19.2 Å². The molecule has 3 aromatic heterocycles. The summed E-state index contributed by atoms with van der Waals surface area (Å²) in [5.74, 6) is 0.892. The van der Waals surface area contributed by atoms with Crippen LogP contribution >= 0.6 is 0 Å². The van der Waals surface area contributed by atoms with Crippen LogP contribution in [-0.2, 0) is 11.3 Å². The quantitative estimate of drug-likeness (QED) is 0.353. The monoisotopic (exact) mass is 512 g/mol. The molecule has 3 aromatic rings. The van der Waals surface area contributed by atoms with Gasteiger partial charge in [0.1, 0.15) is 0 Å². The first-order chi connectivity index (χ1) is 18.2. The minimum absolute atomic E-state index is 0.151. The van der Waals surface area contributed by atoms with Crippen molar-refractivity contribution in [2.75, 3.05) is 58.9 Å². The highest BCUT2D eigenvalue weighted by Crippen LogP contribution is 2.23. The number of fused-ring (bicyclic) bond motifs is 1. The van der Waals surface area contributed by atoms with Gasteiger partial charge in [-0.05, 0) is 57.5 Å². The third-order valence-electron chi connectivity index (χ3n) is 6.28. The number of anilines is 1. The number of rotatable bonds is 12. The van der Waals surface area contributed by atoms with Crippen LogP contribution in [0.4, 0.5) is 5.82 Å². The van der Waals surface area contributed by atoms with Crippen LogP contribution in [0.2, 0.25) is 0 Å². The zero-order chi connectivity index (χ0) is 26.5. The van der Waals surface area contributed by atoms with Crippen molar-refractivity contribution in [3.63, 3.8) is 0 Å². The lowest BCUT2D eigenvalue weighted by Crippen LogP contribution is -2.32. The summed E-state index contributed by atoms with van der Waals surface area (Å²) >= 11 is 0. The zero-order valence-electron chi connectivity index (χ0n) is 22.3. The van der Waals surface area contributed by atoms with E-state index in [0.717, 1.165) is 37.6 Å². The lowest BCUT2D eigenvalue weighted by molar-refractivity contribution is 0.127. The van der Waals surface area contributed by atoms with Crippen molar-refractivity contribution in [1.82, 2.24) is 24.4 Å². The Hall–Kier alpha value is -3.08. The summed E-state index contributed by atoms with van der Waals surface area (Å²) in [6.45, 7) is 7.72. The van der Waals surface area contributed by atoms with Gasteiger partial charge in [-0.15, -0.1) is 0 Å². The minimum Gasteiger partial charge on any atom is -0.481 e. The number of methoxy groups -OCH3 is 1. The Kier molecular flexibility index (Phi) is 11.7. The van der Waals surface area contributed by atoms with Crippen molar-refractivity contribution in [3.05, 3.63) is 40.9 Å². The van der Waals surface area contributed by atoms with Crippen LogP contribution in [0.3, 0.4) is 0 Å². The molecule has 0 radical (unpaired) electrons. The Labute approximate surface area is 218 Å². The van der Waals surface area contributed by atoms with E-state index in [1.807, 2.05) is 12.1 Å². The number of piperidine rings is 1. The van der Waals surface area contributed by atoms with E-state index in [4.69, 9.17) is 14.6 Å². The van der Waals surface area contributed by atoms with Crippen molar-refractivity contribution in [2.24, 2.45) is 0 Å². The predicted molar refractivity (Wildman–Crippen MR) is 146 cm³/mol. The van der Waals surface area contributed by atoms with Crippen LogP contribution in [0.1, 0.15) is 39.0 Å². The number of aliphatic hydroxyl groups excluding tert-OH is 1. The Morgan fingerprint density at radius 1 is 1.03 bits per heavy atom. The molecule has 0 aromatic carbocycles. The maximum absolute atomic E-state index is 13.4. The molecule has 1 aliphatic rings. The summed E-state index contributed by atoms with van der Waals surface area (Å²) in [6.07, 6.45) is 9.31. The summed E-state index contributed by atoms with van der Waals surface area (Å²) in [7, 11) is 2.59. The van der Waals surface area contributed by atoms with E-state index in [1.165, 1.54) is 32.4 Å². The molecule has 10 heteroatoms. The van der Waals surface area contributed by atoms with E-state index < -0.39 is 0 Å². The summed E-state index contributed by atoms with van der Waals surface area (Å²) in [6, 6.07) is 5.67. The van der Waals surface area contributed by atoms with Gasteiger partial charge in [-0.25, -0.2) is 15.0 Å². The molecular formula is C27H40N6O4. The Morgan fingerprint density at radius 2 is 1.81 bits per heavy atom. The molecular weight excluding hydrogens is 472 g/mol. The Bertz CT molecular complexity index is 1150. The summed E-state index contributed by atoms with van der Waals surface area (Å²) < 4.78 is 12.6. The molecule has 202 valence electrons. The third kappa shape index (κ3) is 7.95. The molecule has 2 N–H and O–H groups in total. The number of hydrogen-bond donors (Lipinski definition) is 2. The molecule has 1 saturated heterocycles. The summed E-state index contributed by atoms with van der Waals surface area (Å²) in [5, 5.41) is 10.3. The molecule has 10 nitrogen and oxygen atoms in total. The van der Waals surface area contributed by atoms with E-state index in [0.29, 0.717) is 49.2 Å². The predicted octanol–water partition coefficient (Wildman–Crippen LogP) is 3.19. The van der Waals surface area contributed by atoms with Gasteiger partial charge in [0.2, 0.25) is 5.88 Å². The fourth-order valence-corrected chi connectivity index (χ4v) is 4.38.